The number of rotatable bonds is 5. The molecule has 0 aliphatic carbocycles. The van der Waals surface area contributed by atoms with E-state index in [9.17, 15) is 4.55 Å². The minimum absolute atomic E-state index is 0.481. The summed E-state index contributed by atoms with van der Waals surface area (Å²) in [6, 6.07) is 11.3. The van der Waals surface area contributed by atoms with Gasteiger partial charge in [-0.1, -0.05) is 4.09 Å². The Hall–Kier alpha value is -3.04. The van der Waals surface area contributed by atoms with Crippen LogP contribution in [0.2, 0.25) is 0 Å². The smallest absolute Gasteiger partial charge is 0.247 e. The minimum atomic E-state index is -1.20. The molecule has 0 amide bonds. The molecule has 0 aliphatic rings. The number of hydrogen-bond acceptors (Lipinski definition) is 6. The van der Waals surface area contributed by atoms with Gasteiger partial charge in [-0.3, -0.25) is 0 Å². The maximum atomic E-state index is 11.6. The number of anilines is 2. The molecule has 0 aliphatic heterocycles. The third-order valence-corrected chi connectivity index (χ3v) is 4.57. The van der Waals surface area contributed by atoms with Crippen molar-refractivity contribution in [3.8, 4) is 16.9 Å². The summed E-state index contributed by atoms with van der Waals surface area (Å²) in [6.45, 7) is 0. The molecule has 0 radical (unpaired) electrons. The van der Waals surface area contributed by atoms with Crippen LogP contribution in [-0.4, -0.2) is 41.7 Å². The standard InChI is InChI=1S/C17H16N6O2S/c1-25-14-7-5-13(6-8-14)19-17-20-16-15(4-3-9-22(16)21-17)12-10-18-23(11-12)26(2)24/h3-11H,1-2H3,(H,19,21). The number of pyridine rings is 1. The van der Waals surface area contributed by atoms with Crippen molar-refractivity contribution < 1.29 is 9.29 Å². The molecule has 4 rings (SSSR count). The van der Waals surface area contributed by atoms with Gasteiger partial charge in [-0.05, 0) is 36.4 Å². The molecule has 0 spiro atoms. The highest BCUT2D eigenvalue weighted by atomic mass is 32.2. The van der Waals surface area contributed by atoms with E-state index in [2.05, 4.69) is 20.5 Å². The molecular weight excluding hydrogens is 352 g/mol. The summed E-state index contributed by atoms with van der Waals surface area (Å²) in [6.07, 6.45) is 6.80. The van der Waals surface area contributed by atoms with Crippen LogP contribution < -0.4 is 10.1 Å². The first-order valence-corrected chi connectivity index (χ1v) is 9.31. The van der Waals surface area contributed by atoms with E-state index in [-0.39, 0.29) is 0 Å². The number of aromatic nitrogens is 5. The minimum Gasteiger partial charge on any atom is -0.592 e. The van der Waals surface area contributed by atoms with Gasteiger partial charge in [0, 0.05) is 23.0 Å². The van der Waals surface area contributed by atoms with Crippen LogP contribution in [0.1, 0.15) is 0 Å². The van der Waals surface area contributed by atoms with E-state index in [1.807, 2.05) is 42.6 Å². The molecule has 0 bridgehead atoms. The van der Waals surface area contributed by atoms with Gasteiger partial charge in [-0.2, -0.15) is 4.98 Å². The Morgan fingerprint density at radius 3 is 2.69 bits per heavy atom. The van der Waals surface area contributed by atoms with Gasteiger partial charge in [-0.15, -0.1) is 10.2 Å². The van der Waals surface area contributed by atoms with E-state index in [0.717, 1.165) is 22.6 Å². The van der Waals surface area contributed by atoms with Crippen molar-refractivity contribution >= 4 is 28.6 Å². The molecular formula is C17H16N6O2S. The van der Waals surface area contributed by atoms with E-state index in [1.54, 1.807) is 30.3 Å². The van der Waals surface area contributed by atoms with Gasteiger partial charge in [0.1, 0.15) is 12.0 Å². The van der Waals surface area contributed by atoms with Crippen molar-refractivity contribution in [2.24, 2.45) is 0 Å². The predicted octanol–water partition coefficient (Wildman–Crippen LogP) is 2.49. The fourth-order valence-corrected chi connectivity index (χ4v) is 3.01. The Morgan fingerprint density at radius 1 is 1.19 bits per heavy atom. The molecule has 0 saturated heterocycles. The van der Waals surface area contributed by atoms with E-state index >= 15 is 0 Å². The third kappa shape index (κ3) is 3.09. The largest absolute Gasteiger partial charge is 0.592 e. The van der Waals surface area contributed by atoms with Gasteiger partial charge in [0.15, 0.2) is 5.65 Å². The topological polar surface area (TPSA) is 92.3 Å². The Labute approximate surface area is 152 Å². The third-order valence-electron chi connectivity index (χ3n) is 3.84. The zero-order valence-corrected chi connectivity index (χ0v) is 15.0. The van der Waals surface area contributed by atoms with E-state index in [1.165, 1.54) is 4.09 Å². The normalized spacial score (nSPS) is 12.3. The number of ether oxygens (including phenoxy) is 1. The van der Waals surface area contributed by atoms with Crippen LogP contribution in [0.15, 0.2) is 55.0 Å². The number of benzene rings is 1. The number of nitrogens with zero attached hydrogens (tertiary/aromatic N) is 5. The molecule has 1 N–H and O–H groups in total. The second-order valence-electron chi connectivity index (χ2n) is 5.53. The molecule has 0 saturated carbocycles. The van der Waals surface area contributed by atoms with Crippen LogP contribution in [0, 0.1) is 0 Å². The van der Waals surface area contributed by atoms with Crippen molar-refractivity contribution in [1.29, 1.82) is 0 Å². The van der Waals surface area contributed by atoms with Crippen LogP contribution in [0.25, 0.3) is 16.8 Å². The summed E-state index contributed by atoms with van der Waals surface area (Å²) in [7, 11) is 1.63. The maximum Gasteiger partial charge on any atom is 0.247 e. The van der Waals surface area contributed by atoms with Crippen molar-refractivity contribution in [1.82, 2.24) is 23.8 Å². The summed E-state index contributed by atoms with van der Waals surface area (Å²) in [5.74, 6) is 1.26. The lowest BCUT2D eigenvalue weighted by Gasteiger charge is -2.03. The monoisotopic (exact) mass is 368 g/mol. The highest BCUT2D eigenvalue weighted by Gasteiger charge is 2.13. The van der Waals surface area contributed by atoms with Crippen LogP contribution >= 0.6 is 0 Å². The molecule has 1 atom stereocenters. The number of methoxy groups -OCH3 is 1. The fraction of sp³-hybridized carbons (Fsp3) is 0.118. The lowest BCUT2D eigenvalue weighted by molar-refractivity contribution is 0.415. The van der Waals surface area contributed by atoms with Gasteiger partial charge < -0.3 is 14.6 Å². The van der Waals surface area contributed by atoms with E-state index < -0.39 is 11.4 Å². The van der Waals surface area contributed by atoms with Crippen molar-refractivity contribution in [2.45, 2.75) is 0 Å². The van der Waals surface area contributed by atoms with Crippen LogP contribution in [0.3, 0.4) is 0 Å². The first kappa shape index (κ1) is 16.4. The number of hydrogen-bond donors (Lipinski definition) is 1. The Kier molecular flexibility index (Phi) is 4.23. The summed E-state index contributed by atoms with van der Waals surface area (Å²) in [4.78, 5) is 4.58. The number of nitrogens with one attached hydrogen (secondary N) is 1. The predicted molar refractivity (Wildman–Crippen MR) is 99.9 cm³/mol. The van der Waals surface area contributed by atoms with E-state index in [0.29, 0.717) is 11.6 Å². The van der Waals surface area contributed by atoms with Crippen molar-refractivity contribution in [2.75, 3.05) is 18.7 Å². The first-order valence-electron chi connectivity index (χ1n) is 7.79. The summed E-state index contributed by atoms with van der Waals surface area (Å²) in [5, 5.41) is 11.8. The second-order valence-corrected chi connectivity index (χ2v) is 6.76. The Morgan fingerprint density at radius 2 is 2.00 bits per heavy atom. The van der Waals surface area contributed by atoms with Crippen LogP contribution in [0.5, 0.6) is 5.75 Å². The SMILES string of the molecule is COc1ccc(Nc2nc3c(-c4cnn([S+](C)[O-])c4)cccn3n2)cc1. The highest BCUT2D eigenvalue weighted by Crippen LogP contribution is 2.25. The number of fused-ring (bicyclic) bond motifs is 1. The maximum absolute atomic E-state index is 11.6. The summed E-state index contributed by atoms with van der Waals surface area (Å²) in [5.41, 5.74) is 3.23. The molecule has 4 aromatic rings. The molecule has 26 heavy (non-hydrogen) atoms. The molecule has 1 aromatic carbocycles. The molecule has 1 unspecified atom stereocenters. The van der Waals surface area contributed by atoms with Crippen LogP contribution in [0.4, 0.5) is 11.6 Å². The van der Waals surface area contributed by atoms with Gasteiger partial charge in [0.25, 0.3) is 0 Å². The average molecular weight is 368 g/mol. The lowest BCUT2D eigenvalue weighted by Crippen LogP contribution is -2.09. The van der Waals surface area contributed by atoms with E-state index in [4.69, 9.17) is 4.74 Å². The Balaban J connectivity index is 1.68. The quantitative estimate of drug-likeness (QED) is 0.544. The fourth-order valence-electron chi connectivity index (χ4n) is 2.57. The molecule has 9 heteroatoms. The second kappa shape index (κ2) is 6.70. The molecule has 132 valence electrons. The van der Waals surface area contributed by atoms with Crippen LogP contribution in [-0.2, 0) is 11.4 Å². The molecule has 3 heterocycles. The first-order chi connectivity index (χ1) is 12.6. The zero-order valence-electron chi connectivity index (χ0n) is 14.2. The molecule has 3 aromatic heterocycles. The summed E-state index contributed by atoms with van der Waals surface area (Å²) >= 11 is -1.20. The lowest BCUT2D eigenvalue weighted by atomic mass is 10.1. The molecule has 0 fully saturated rings. The highest BCUT2D eigenvalue weighted by molar-refractivity contribution is 7.89. The zero-order chi connectivity index (χ0) is 18.1. The Bertz CT molecular complexity index is 1040. The van der Waals surface area contributed by atoms with Gasteiger partial charge >= 0.3 is 0 Å². The van der Waals surface area contributed by atoms with Gasteiger partial charge in [-0.25, -0.2) is 4.52 Å². The van der Waals surface area contributed by atoms with Crippen molar-refractivity contribution in [3.05, 3.63) is 55.0 Å². The van der Waals surface area contributed by atoms with Gasteiger partial charge in [0.05, 0.1) is 30.9 Å². The summed E-state index contributed by atoms with van der Waals surface area (Å²) < 4.78 is 19.8. The van der Waals surface area contributed by atoms with Crippen molar-refractivity contribution in [3.63, 3.8) is 0 Å². The van der Waals surface area contributed by atoms with Gasteiger partial charge in [0.2, 0.25) is 5.95 Å². The molecule has 8 nitrogen and oxygen atoms in total. The average Bonchev–Trinajstić information content (AvgIpc) is 3.29.